The highest BCUT2D eigenvalue weighted by molar-refractivity contribution is 5.95. The number of hydrogen-bond acceptors (Lipinski definition) is 3. The van der Waals surface area contributed by atoms with E-state index in [0.29, 0.717) is 12.1 Å². The Morgan fingerprint density at radius 3 is 2.56 bits per heavy atom. The zero-order valence-corrected chi connectivity index (χ0v) is 9.32. The Kier molecular flexibility index (Phi) is 2.81. The SMILES string of the molecule is Cc1cccc(C)c1CC(=O)c1cn[nH]n1. The van der Waals surface area contributed by atoms with Crippen LogP contribution in [-0.2, 0) is 6.42 Å². The summed E-state index contributed by atoms with van der Waals surface area (Å²) >= 11 is 0. The van der Waals surface area contributed by atoms with Crippen LogP contribution in [-0.4, -0.2) is 21.2 Å². The molecule has 0 bridgehead atoms. The van der Waals surface area contributed by atoms with E-state index in [9.17, 15) is 4.79 Å². The summed E-state index contributed by atoms with van der Waals surface area (Å²) in [6, 6.07) is 6.02. The lowest BCUT2D eigenvalue weighted by molar-refractivity contribution is 0.0987. The number of aromatic amines is 1. The number of rotatable bonds is 3. The summed E-state index contributed by atoms with van der Waals surface area (Å²) in [6.45, 7) is 4.02. The quantitative estimate of drug-likeness (QED) is 0.795. The van der Waals surface area contributed by atoms with Gasteiger partial charge in [0.1, 0.15) is 5.69 Å². The van der Waals surface area contributed by atoms with Gasteiger partial charge in [-0.1, -0.05) is 18.2 Å². The third-order valence-corrected chi connectivity index (χ3v) is 2.68. The fraction of sp³-hybridized carbons (Fsp3) is 0.250. The molecule has 2 rings (SSSR count). The van der Waals surface area contributed by atoms with E-state index >= 15 is 0 Å². The van der Waals surface area contributed by atoms with Crippen molar-refractivity contribution in [3.63, 3.8) is 0 Å². The van der Waals surface area contributed by atoms with Crippen molar-refractivity contribution in [1.29, 1.82) is 0 Å². The molecule has 0 spiro atoms. The Morgan fingerprint density at radius 1 is 1.31 bits per heavy atom. The molecule has 1 heterocycles. The van der Waals surface area contributed by atoms with Gasteiger partial charge in [0.15, 0.2) is 5.78 Å². The average molecular weight is 215 g/mol. The normalized spacial score (nSPS) is 10.4. The molecule has 0 radical (unpaired) electrons. The van der Waals surface area contributed by atoms with Crippen LogP contribution in [0.4, 0.5) is 0 Å². The summed E-state index contributed by atoms with van der Waals surface area (Å²) in [4.78, 5) is 11.9. The van der Waals surface area contributed by atoms with Crippen LogP contribution in [0.1, 0.15) is 27.2 Å². The van der Waals surface area contributed by atoms with Crippen molar-refractivity contribution in [2.24, 2.45) is 0 Å². The molecule has 82 valence electrons. The minimum absolute atomic E-state index is 0.00819. The van der Waals surface area contributed by atoms with Gasteiger partial charge < -0.3 is 0 Å². The molecule has 1 N–H and O–H groups in total. The van der Waals surface area contributed by atoms with Crippen LogP contribution >= 0.6 is 0 Å². The molecule has 0 saturated heterocycles. The number of aryl methyl sites for hydroxylation is 2. The van der Waals surface area contributed by atoms with Crippen molar-refractivity contribution in [2.45, 2.75) is 20.3 Å². The minimum Gasteiger partial charge on any atom is -0.292 e. The van der Waals surface area contributed by atoms with Crippen LogP contribution in [0, 0.1) is 13.8 Å². The van der Waals surface area contributed by atoms with Gasteiger partial charge in [0.2, 0.25) is 0 Å². The van der Waals surface area contributed by atoms with Gasteiger partial charge in [-0.25, -0.2) is 0 Å². The molecule has 4 heteroatoms. The zero-order valence-electron chi connectivity index (χ0n) is 9.32. The van der Waals surface area contributed by atoms with E-state index in [2.05, 4.69) is 15.4 Å². The minimum atomic E-state index is -0.00819. The van der Waals surface area contributed by atoms with Crippen LogP contribution in [0.3, 0.4) is 0 Å². The van der Waals surface area contributed by atoms with Gasteiger partial charge in [-0.2, -0.15) is 15.4 Å². The fourth-order valence-electron chi connectivity index (χ4n) is 1.71. The van der Waals surface area contributed by atoms with E-state index in [-0.39, 0.29) is 5.78 Å². The van der Waals surface area contributed by atoms with Gasteiger partial charge in [-0.05, 0) is 30.5 Å². The largest absolute Gasteiger partial charge is 0.292 e. The number of ketones is 1. The molecule has 0 aliphatic rings. The van der Waals surface area contributed by atoms with Gasteiger partial charge in [0.25, 0.3) is 0 Å². The predicted octanol–water partition coefficient (Wildman–Crippen LogP) is 1.85. The topological polar surface area (TPSA) is 58.6 Å². The maximum absolute atomic E-state index is 11.9. The highest BCUT2D eigenvalue weighted by Gasteiger charge is 2.12. The van der Waals surface area contributed by atoms with Gasteiger partial charge >= 0.3 is 0 Å². The monoisotopic (exact) mass is 215 g/mol. The third-order valence-electron chi connectivity index (χ3n) is 2.68. The molecular formula is C12H13N3O. The molecule has 1 aromatic heterocycles. The molecule has 16 heavy (non-hydrogen) atoms. The second-order valence-electron chi connectivity index (χ2n) is 3.83. The summed E-state index contributed by atoms with van der Waals surface area (Å²) in [6.07, 6.45) is 1.83. The number of nitrogens with zero attached hydrogens (tertiary/aromatic N) is 2. The Bertz CT molecular complexity index is 483. The highest BCUT2D eigenvalue weighted by Crippen LogP contribution is 2.15. The summed E-state index contributed by atoms with van der Waals surface area (Å²) in [7, 11) is 0. The Hall–Kier alpha value is -1.97. The maximum Gasteiger partial charge on any atom is 0.189 e. The van der Waals surface area contributed by atoms with E-state index in [0.717, 1.165) is 16.7 Å². The lowest BCUT2D eigenvalue weighted by Gasteiger charge is -2.07. The smallest absolute Gasteiger partial charge is 0.189 e. The van der Waals surface area contributed by atoms with E-state index in [1.54, 1.807) is 0 Å². The summed E-state index contributed by atoms with van der Waals surface area (Å²) in [5.74, 6) is -0.00819. The van der Waals surface area contributed by atoms with Crippen molar-refractivity contribution in [3.8, 4) is 0 Å². The number of benzene rings is 1. The standard InChI is InChI=1S/C12H13N3O/c1-8-4-3-5-9(2)10(8)6-12(16)11-7-13-15-14-11/h3-5,7H,6H2,1-2H3,(H,13,14,15). The molecule has 0 aliphatic carbocycles. The van der Waals surface area contributed by atoms with Crippen molar-refractivity contribution < 1.29 is 4.79 Å². The number of nitrogens with one attached hydrogen (secondary N) is 1. The average Bonchev–Trinajstić information content (AvgIpc) is 2.76. The van der Waals surface area contributed by atoms with Crippen LogP contribution in [0.5, 0.6) is 0 Å². The van der Waals surface area contributed by atoms with Gasteiger partial charge in [-0.15, -0.1) is 0 Å². The number of aromatic nitrogens is 3. The molecule has 0 unspecified atom stereocenters. The summed E-state index contributed by atoms with van der Waals surface area (Å²) < 4.78 is 0. The van der Waals surface area contributed by atoms with E-state index in [1.165, 1.54) is 6.20 Å². The first-order valence-corrected chi connectivity index (χ1v) is 5.12. The molecule has 0 aliphatic heterocycles. The molecule has 0 fully saturated rings. The number of hydrogen-bond donors (Lipinski definition) is 1. The van der Waals surface area contributed by atoms with Gasteiger partial charge in [0.05, 0.1) is 6.20 Å². The van der Waals surface area contributed by atoms with Crippen LogP contribution in [0.25, 0.3) is 0 Å². The molecule has 1 aromatic carbocycles. The van der Waals surface area contributed by atoms with Gasteiger partial charge in [-0.3, -0.25) is 4.79 Å². The molecule has 2 aromatic rings. The Balaban J connectivity index is 2.25. The number of carbonyl (C=O) groups excluding carboxylic acids is 1. The number of Topliss-reactive ketones (excluding diaryl/α,β-unsaturated/α-hetero) is 1. The first-order chi connectivity index (χ1) is 7.68. The summed E-state index contributed by atoms with van der Waals surface area (Å²) in [5.41, 5.74) is 3.74. The van der Waals surface area contributed by atoms with Crippen molar-refractivity contribution in [1.82, 2.24) is 15.4 Å². The maximum atomic E-state index is 11.9. The first kappa shape index (κ1) is 10.5. The molecular weight excluding hydrogens is 202 g/mol. The van der Waals surface area contributed by atoms with Crippen LogP contribution in [0.15, 0.2) is 24.4 Å². The molecule has 0 amide bonds. The molecule has 4 nitrogen and oxygen atoms in total. The highest BCUT2D eigenvalue weighted by atomic mass is 16.1. The van der Waals surface area contributed by atoms with Crippen molar-refractivity contribution in [3.05, 3.63) is 46.8 Å². The number of H-pyrrole nitrogens is 1. The Morgan fingerprint density at radius 2 is 2.00 bits per heavy atom. The van der Waals surface area contributed by atoms with E-state index in [1.807, 2.05) is 32.0 Å². The first-order valence-electron chi connectivity index (χ1n) is 5.12. The second-order valence-corrected chi connectivity index (χ2v) is 3.83. The van der Waals surface area contributed by atoms with Crippen molar-refractivity contribution >= 4 is 5.78 Å². The van der Waals surface area contributed by atoms with Gasteiger partial charge in [0, 0.05) is 6.42 Å². The van der Waals surface area contributed by atoms with E-state index in [4.69, 9.17) is 0 Å². The zero-order chi connectivity index (χ0) is 11.5. The summed E-state index contributed by atoms with van der Waals surface area (Å²) in [5, 5.41) is 9.86. The fourth-order valence-corrected chi connectivity index (χ4v) is 1.71. The number of carbonyl (C=O) groups is 1. The lowest BCUT2D eigenvalue weighted by atomic mass is 9.97. The lowest BCUT2D eigenvalue weighted by Crippen LogP contribution is -2.07. The molecule has 0 atom stereocenters. The predicted molar refractivity (Wildman–Crippen MR) is 60.3 cm³/mol. The van der Waals surface area contributed by atoms with Crippen molar-refractivity contribution in [2.75, 3.05) is 0 Å². The molecule has 0 saturated carbocycles. The Labute approximate surface area is 93.7 Å². The van der Waals surface area contributed by atoms with E-state index < -0.39 is 0 Å². The van der Waals surface area contributed by atoms with Crippen LogP contribution in [0.2, 0.25) is 0 Å². The third kappa shape index (κ3) is 2.00. The second kappa shape index (κ2) is 4.26. The van der Waals surface area contributed by atoms with Crippen LogP contribution < -0.4 is 0 Å².